The van der Waals surface area contributed by atoms with Gasteiger partial charge in [-0.1, -0.05) is 0 Å². The second kappa shape index (κ2) is 4.72. The number of H-pyrrole nitrogens is 1. The first-order chi connectivity index (χ1) is 8.75. The van der Waals surface area contributed by atoms with Crippen LogP contribution in [0.4, 0.5) is 0 Å². The molecule has 98 valence electrons. The van der Waals surface area contributed by atoms with Crippen LogP contribution >= 0.6 is 0 Å². The Hall–Kier alpha value is -1.36. The molecule has 2 aliphatic rings. The Morgan fingerprint density at radius 3 is 3.06 bits per heavy atom. The van der Waals surface area contributed by atoms with Crippen molar-refractivity contribution in [1.29, 1.82) is 0 Å². The molecule has 1 aliphatic carbocycles. The number of hydrogen-bond donors (Lipinski definition) is 2. The number of aromatic amines is 1. The number of likely N-dealkylation sites (tertiary alicyclic amines) is 1. The number of hydrogen-bond acceptors (Lipinski definition) is 3. The van der Waals surface area contributed by atoms with Gasteiger partial charge >= 0.3 is 0 Å². The Morgan fingerprint density at radius 2 is 2.17 bits per heavy atom. The molecule has 18 heavy (non-hydrogen) atoms. The number of aryl methyl sites for hydroxylation is 1. The molecule has 2 N–H and O–H groups in total. The van der Waals surface area contributed by atoms with E-state index in [1.807, 2.05) is 4.90 Å². The Morgan fingerprint density at radius 1 is 1.28 bits per heavy atom. The monoisotopic (exact) mass is 249 g/mol. The molecule has 2 heterocycles. The summed E-state index contributed by atoms with van der Waals surface area (Å²) in [6.07, 6.45) is 5.17. The lowest BCUT2D eigenvalue weighted by molar-refractivity contribution is 0.0746. The van der Waals surface area contributed by atoms with Gasteiger partial charge in [0.2, 0.25) is 0 Å². The molecular formula is C13H19N3O2. The standard InChI is InChI=1S/C13H19N3O2/c17-9-3-2-7-16(8-6-9)13(18)12-10-4-1-5-11(10)14-15-12/h9,17H,1-8H2,(H,14,15). The summed E-state index contributed by atoms with van der Waals surface area (Å²) in [7, 11) is 0. The molecule has 1 saturated heterocycles. The van der Waals surface area contributed by atoms with Crippen molar-refractivity contribution in [2.45, 2.75) is 44.6 Å². The van der Waals surface area contributed by atoms with E-state index in [0.717, 1.165) is 49.9 Å². The number of nitrogens with one attached hydrogen (secondary N) is 1. The highest BCUT2D eigenvalue weighted by Gasteiger charge is 2.27. The molecule has 1 aromatic rings. The number of aliphatic hydroxyl groups excluding tert-OH is 1. The third kappa shape index (κ3) is 2.03. The lowest BCUT2D eigenvalue weighted by Gasteiger charge is -2.19. The Labute approximate surface area is 106 Å². The van der Waals surface area contributed by atoms with E-state index in [2.05, 4.69) is 10.2 Å². The summed E-state index contributed by atoms with van der Waals surface area (Å²) in [6, 6.07) is 0. The first-order valence-corrected chi connectivity index (χ1v) is 6.79. The SMILES string of the molecule is O=C(c1n[nH]c2c1CCC2)N1CCCC(O)CC1. The fourth-order valence-corrected chi connectivity index (χ4v) is 2.93. The quantitative estimate of drug-likeness (QED) is 0.776. The molecule has 0 bridgehead atoms. The van der Waals surface area contributed by atoms with Crippen molar-refractivity contribution >= 4 is 5.91 Å². The zero-order chi connectivity index (χ0) is 12.5. The predicted molar refractivity (Wildman–Crippen MR) is 66.4 cm³/mol. The maximum Gasteiger partial charge on any atom is 0.274 e. The van der Waals surface area contributed by atoms with Crippen LogP contribution in [-0.4, -0.2) is 45.3 Å². The number of aliphatic hydroxyl groups is 1. The Balaban J connectivity index is 1.77. The fraction of sp³-hybridized carbons (Fsp3) is 0.692. The van der Waals surface area contributed by atoms with E-state index in [1.54, 1.807) is 0 Å². The van der Waals surface area contributed by atoms with Crippen LogP contribution in [0.15, 0.2) is 0 Å². The molecule has 1 amide bonds. The number of carbonyl (C=O) groups is 1. The number of carbonyl (C=O) groups excluding carboxylic acids is 1. The van der Waals surface area contributed by atoms with Crippen molar-refractivity contribution in [3.8, 4) is 0 Å². The first-order valence-electron chi connectivity index (χ1n) is 6.79. The van der Waals surface area contributed by atoms with Crippen LogP contribution in [0.2, 0.25) is 0 Å². The van der Waals surface area contributed by atoms with Crippen LogP contribution in [0.25, 0.3) is 0 Å². The van der Waals surface area contributed by atoms with Gasteiger partial charge in [0.15, 0.2) is 5.69 Å². The lowest BCUT2D eigenvalue weighted by Crippen LogP contribution is -2.33. The molecule has 3 rings (SSSR count). The second-order valence-electron chi connectivity index (χ2n) is 5.26. The zero-order valence-electron chi connectivity index (χ0n) is 10.5. The van der Waals surface area contributed by atoms with Crippen LogP contribution in [0.3, 0.4) is 0 Å². The number of amides is 1. The van der Waals surface area contributed by atoms with E-state index in [9.17, 15) is 9.90 Å². The topological polar surface area (TPSA) is 69.2 Å². The summed E-state index contributed by atoms with van der Waals surface area (Å²) >= 11 is 0. The van der Waals surface area contributed by atoms with Gasteiger partial charge in [0.05, 0.1) is 6.10 Å². The van der Waals surface area contributed by atoms with E-state index in [0.29, 0.717) is 18.7 Å². The third-order valence-corrected chi connectivity index (χ3v) is 3.99. The van der Waals surface area contributed by atoms with Crippen LogP contribution in [0.5, 0.6) is 0 Å². The van der Waals surface area contributed by atoms with Gasteiger partial charge in [-0.25, -0.2) is 0 Å². The molecule has 1 atom stereocenters. The summed E-state index contributed by atoms with van der Waals surface area (Å²) in [6.45, 7) is 1.37. The van der Waals surface area contributed by atoms with E-state index < -0.39 is 0 Å². The normalized spacial score (nSPS) is 23.8. The number of rotatable bonds is 1. The van der Waals surface area contributed by atoms with E-state index in [-0.39, 0.29) is 12.0 Å². The summed E-state index contributed by atoms with van der Waals surface area (Å²) < 4.78 is 0. The molecular weight excluding hydrogens is 230 g/mol. The molecule has 0 aromatic carbocycles. The van der Waals surface area contributed by atoms with Gasteiger partial charge in [0.1, 0.15) is 0 Å². The summed E-state index contributed by atoms with van der Waals surface area (Å²) in [4.78, 5) is 14.3. The predicted octanol–water partition coefficient (Wildman–Crippen LogP) is 0.885. The van der Waals surface area contributed by atoms with Gasteiger partial charge in [-0.3, -0.25) is 9.89 Å². The molecule has 5 heteroatoms. The van der Waals surface area contributed by atoms with Crippen molar-refractivity contribution in [2.75, 3.05) is 13.1 Å². The molecule has 1 fully saturated rings. The minimum Gasteiger partial charge on any atom is -0.393 e. The third-order valence-electron chi connectivity index (χ3n) is 3.99. The number of nitrogens with zero attached hydrogens (tertiary/aromatic N) is 2. The van der Waals surface area contributed by atoms with Crippen molar-refractivity contribution in [1.82, 2.24) is 15.1 Å². The Bertz CT molecular complexity index is 455. The van der Waals surface area contributed by atoms with Crippen molar-refractivity contribution in [2.24, 2.45) is 0 Å². The average Bonchev–Trinajstić information content (AvgIpc) is 2.89. The largest absolute Gasteiger partial charge is 0.393 e. The summed E-state index contributed by atoms with van der Waals surface area (Å²) in [5.41, 5.74) is 2.86. The maximum absolute atomic E-state index is 12.4. The smallest absolute Gasteiger partial charge is 0.274 e. The van der Waals surface area contributed by atoms with E-state index >= 15 is 0 Å². The van der Waals surface area contributed by atoms with Crippen LogP contribution in [-0.2, 0) is 12.8 Å². The van der Waals surface area contributed by atoms with Crippen molar-refractivity contribution < 1.29 is 9.90 Å². The maximum atomic E-state index is 12.4. The second-order valence-corrected chi connectivity index (χ2v) is 5.26. The lowest BCUT2D eigenvalue weighted by atomic mass is 10.2. The van der Waals surface area contributed by atoms with E-state index in [1.165, 1.54) is 0 Å². The van der Waals surface area contributed by atoms with Gasteiger partial charge in [0, 0.05) is 24.3 Å². The number of fused-ring (bicyclic) bond motifs is 1. The highest BCUT2D eigenvalue weighted by Crippen LogP contribution is 2.24. The van der Waals surface area contributed by atoms with E-state index in [4.69, 9.17) is 0 Å². The highest BCUT2D eigenvalue weighted by molar-refractivity contribution is 5.94. The van der Waals surface area contributed by atoms with Gasteiger partial charge in [-0.05, 0) is 38.5 Å². The highest BCUT2D eigenvalue weighted by atomic mass is 16.3. The fourth-order valence-electron chi connectivity index (χ4n) is 2.93. The summed E-state index contributed by atoms with van der Waals surface area (Å²) in [5, 5.41) is 16.8. The van der Waals surface area contributed by atoms with Gasteiger partial charge < -0.3 is 10.0 Å². The van der Waals surface area contributed by atoms with Crippen LogP contribution in [0, 0.1) is 0 Å². The molecule has 1 aromatic heterocycles. The molecule has 5 nitrogen and oxygen atoms in total. The number of aromatic nitrogens is 2. The molecule has 1 unspecified atom stereocenters. The molecule has 0 spiro atoms. The molecule has 0 radical (unpaired) electrons. The van der Waals surface area contributed by atoms with Crippen LogP contribution in [0.1, 0.15) is 47.4 Å². The minimum atomic E-state index is -0.257. The van der Waals surface area contributed by atoms with Crippen molar-refractivity contribution in [3.63, 3.8) is 0 Å². The van der Waals surface area contributed by atoms with Crippen LogP contribution < -0.4 is 0 Å². The zero-order valence-corrected chi connectivity index (χ0v) is 10.5. The summed E-state index contributed by atoms with van der Waals surface area (Å²) in [5.74, 6) is 0.0310. The Kier molecular flexibility index (Phi) is 3.07. The average molecular weight is 249 g/mol. The van der Waals surface area contributed by atoms with Gasteiger partial charge in [0.25, 0.3) is 5.91 Å². The van der Waals surface area contributed by atoms with Gasteiger partial charge in [-0.2, -0.15) is 5.10 Å². The molecule has 1 aliphatic heterocycles. The van der Waals surface area contributed by atoms with Gasteiger partial charge in [-0.15, -0.1) is 0 Å². The van der Waals surface area contributed by atoms with Crippen molar-refractivity contribution in [3.05, 3.63) is 17.0 Å². The molecule has 0 saturated carbocycles. The first kappa shape index (κ1) is 11.7. The minimum absolute atomic E-state index is 0.0310.